The highest BCUT2D eigenvalue weighted by Gasteiger charge is 2.33. The zero-order valence-electron chi connectivity index (χ0n) is 16.3. The minimum absolute atomic E-state index is 0.0629. The molecule has 0 unspecified atom stereocenters. The van der Waals surface area contributed by atoms with E-state index in [1.165, 1.54) is 0 Å². The second kappa shape index (κ2) is 8.54. The van der Waals surface area contributed by atoms with Crippen LogP contribution in [0.3, 0.4) is 0 Å². The molecule has 1 saturated carbocycles. The number of rotatable bonds is 5. The summed E-state index contributed by atoms with van der Waals surface area (Å²) < 4.78 is 5.00. The Balaban J connectivity index is 1.50. The minimum Gasteiger partial charge on any atom is -0.454 e. The molecule has 3 rings (SSSR count). The van der Waals surface area contributed by atoms with E-state index in [-0.39, 0.29) is 18.4 Å². The molecule has 0 aromatic heterocycles. The zero-order valence-corrected chi connectivity index (χ0v) is 16.3. The third-order valence-corrected chi connectivity index (χ3v) is 5.84. The van der Waals surface area contributed by atoms with Crippen LogP contribution in [-0.4, -0.2) is 47.8 Å². The number of fused-ring (bicyclic) bond motifs is 1. The molecular formula is C21H26N2O5. The van der Waals surface area contributed by atoms with Crippen molar-refractivity contribution in [1.82, 2.24) is 10.2 Å². The van der Waals surface area contributed by atoms with Crippen molar-refractivity contribution in [1.29, 1.82) is 0 Å². The van der Waals surface area contributed by atoms with Gasteiger partial charge in [-0.2, -0.15) is 0 Å². The summed E-state index contributed by atoms with van der Waals surface area (Å²) in [6.45, 7) is 3.39. The van der Waals surface area contributed by atoms with Gasteiger partial charge in [0.1, 0.15) is 6.54 Å². The maximum Gasteiger partial charge on any atom is 0.326 e. The lowest BCUT2D eigenvalue weighted by atomic mass is 9.78. The molecule has 0 spiro atoms. The smallest absolute Gasteiger partial charge is 0.326 e. The third kappa shape index (κ3) is 4.40. The van der Waals surface area contributed by atoms with Gasteiger partial charge in [0.2, 0.25) is 5.91 Å². The fraction of sp³-hybridized carbons (Fsp3) is 0.524. The summed E-state index contributed by atoms with van der Waals surface area (Å²) in [4.78, 5) is 49.7. The van der Waals surface area contributed by atoms with Crippen LogP contribution >= 0.6 is 0 Å². The van der Waals surface area contributed by atoms with Gasteiger partial charge in [0.25, 0.3) is 11.8 Å². The van der Waals surface area contributed by atoms with Gasteiger partial charge in [-0.05, 0) is 29.9 Å². The van der Waals surface area contributed by atoms with E-state index < -0.39 is 30.9 Å². The molecule has 1 N–H and O–H groups in total. The maximum absolute atomic E-state index is 12.4. The van der Waals surface area contributed by atoms with Gasteiger partial charge in [-0.3, -0.25) is 24.1 Å². The van der Waals surface area contributed by atoms with Crippen molar-refractivity contribution >= 4 is 23.7 Å². The summed E-state index contributed by atoms with van der Waals surface area (Å²) in [5.41, 5.74) is 1.06. The van der Waals surface area contributed by atoms with Crippen molar-refractivity contribution in [2.45, 2.75) is 45.6 Å². The average Bonchev–Trinajstić information content (AvgIpc) is 2.67. The van der Waals surface area contributed by atoms with Crippen LogP contribution in [0.4, 0.5) is 0 Å². The molecule has 1 aliphatic carbocycles. The fourth-order valence-electron chi connectivity index (χ4n) is 3.92. The first-order valence-corrected chi connectivity index (χ1v) is 9.74. The Morgan fingerprint density at radius 2 is 1.93 bits per heavy atom. The molecule has 1 fully saturated rings. The quantitative estimate of drug-likeness (QED) is 0.614. The number of benzene rings is 1. The molecule has 1 heterocycles. The highest BCUT2D eigenvalue weighted by molar-refractivity contribution is 6.11. The van der Waals surface area contributed by atoms with Crippen molar-refractivity contribution < 1.29 is 23.9 Å². The molecule has 7 heteroatoms. The first kappa shape index (κ1) is 20.0. The minimum atomic E-state index is -0.777. The number of nitrogens with one attached hydrogen (secondary N) is 1. The number of carbonyl (C=O) groups is 4. The molecule has 1 aliphatic heterocycles. The molecular weight excluding hydrogens is 360 g/mol. The Labute approximate surface area is 164 Å². The van der Waals surface area contributed by atoms with Crippen LogP contribution in [0.2, 0.25) is 0 Å². The average molecular weight is 386 g/mol. The van der Waals surface area contributed by atoms with Crippen molar-refractivity contribution in [3.63, 3.8) is 0 Å². The molecule has 150 valence electrons. The lowest BCUT2D eigenvalue weighted by Gasteiger charge is -2.34. The predicted octanol–water partition coefficient (Wildman–Crippen LogP) is 1.70. The number of carbonyl (C=O) groups excluding carboxylic acids is 4. The molecule has 7 nitrogen and oxygen atoms in total. The van der Waals surface area contributed by atoms with E-state index in [1.807, 2.05) is 0 Å². The Bertz CT molecular complexity index is 791. The van der Waals surface area contributed by atoms with Crippen LogP contribution in [0.15, 0.2) is 24.3 Å². The number of ether oxygens (including phenoxy) is 1. The van der Waals surface area contributed by atoms with Gasteiger partial charge in [0.05, 0.1) is 6.42 Å². The topological polar surface area (TPSA) is 92.8 Å². The first-order valence-electron chi connectivity index (χ1n) is 9.74. The Morgan fingerprint density at radius 1 is 1.18 bits per heavy atom. The van der Waals surface area contributed by atoms with Gasteiger partial charge in [0.15, 0.2) is 6.61 Å². The van der Waals surface area contributed by atoms with Crippen LogP contribution in [0.1, 0.15) is 49.0 Å². The molecule has 3 amide bonds. The summed E-state index contributed by atoms with van der Waals surface area (Å²) in [6, 6.07) is 6.90. The highest BCUT2D eigenvalue weighted by Crippen LogP contribution is 2.29. The second-order valence-corrected chi connectivity index (χ2v) is 7.72. The van der Waals surface area contributed by atoms with Gasteiger partial charge >= 0.3 is 5.97 Å². The van der Waals surface area contributed by atoms with Crippen molar-refractivity contribution in [3.05, 3.63) is 35.4 Å². The van der Waals surface area contributed by atoms with Crippen molar-refractivity contribution in [2.24, 2.45) is 11.8 Å². The lowest BCUT2D eigenvalue weighted by molar-refractivity contribution is -0.151. The van der Waals surface area contributed by atoms with Crippen molar-refractivity contribution in [3.8, 4) is 0 Å². The number of esters is 1. The second-order valence-electron chi connectivity index (χ2n) is 7.72. The standard InChI is InChI=1S/C21H26N2O5/c1-13-6-5-9-17(14(13)2)22-18(24)12-28-20(26)11-23-19(25)10-15-7-3-4-8-16(15)21(23)27/h3-4,7-8,13-14,17H,5-6,9-12H2,1-2H3,(H,22,24)/t13-,14+,17+/m0/s1. The van der Waals surface area contributed by atoms with Gasteiger partial charge in [0, 0.05) is 11.6 Å². The normalized spacial score (nSPS) is 24.5. The lowest BCUT2D eigenvalue weighted by Crippen LogP contribution is -2.47. The van der Waals surface area contributed by atoms with Gasteiger partial charge < -0.3 is 10.1 Å². The van der Waals surface area contributed by atoms with Gasteiger partial charge in [-0.1, -0.05) is 44.9 Å². The van der Waals surface area contributed by atoms with Crippen LogP contribution in [0.5, 0.6) is 0 Å². The molecule has 3 atom stereocenters. The van der Waals surface area contributed by atoms with Crippen LogP contribution in [-0.2, 0) is 25.5 Å². The molecule has 0 radical (unpaired) electrons. The van der Waals surface area contributed by atoms with Gasteiger partial charge in [-0.15, -0.1) is 0 Å². The summed E-state index contributed by atoms with van der Waals surface area (Å²) in [6.07, 6.45) is 3.20. The molecule has 0 saturated heterocycles. The fourth-order valence-corrected chi connectivity index (χ4v) is 3.92. The third-order valence-electron chi connectivity index (χ3n) is 5.84. The van der Waals surface area contributed by atoms with Crippen LogP contribution in [0.25, 0.3) is 0 Å². The van der Waals surface area contributed by atoms with Gasteiger partial charge in [-0.25, -0.2) is 0 Å². The molecule has 1 aromatic carbocycles. The molecule has 0 bridgehead atoms. The maximum atomic E-state index is 12.4. The van der Waals surface area contributed by atoms with E-state index in [0.29, 0.717) is 23.0 Å². The summed E-state index contributed by atoms with van der Waals surface area (Å²) in [5, 5.41) is 2.92. The first-order chi connectivity index (χ1) is 13.4. The molecule has 28 heavy (non-hydrogen) atoms. The van der Waals surface area contributed by atoms with Crippen LogP contribution in [0, 0.1) is 11.8 Å². The van der Waals surface area contributed by atoms with E-state index in [2.05, 4.69) is 19.2 Å². The summed E-state index contributed by atoms with van der Waals surface area (Å²) in [5.74, 6) is -1.19. The van der Waals surface area contributed by atoms with E-state index in [4.69, 9.17) is 4.74 Å². The Kier molecular flexibility index (Phi) is 6.11. The van der Waals surface area contributed by atoms with E-state index in [9.17, 15) is 19.2 Å². The number of hydrogen-bond acceptors (Lipinski definition) is 5. The van der Waals surface area contributed by atoms with Crippen molar-refractivity contribution in [2.75, 3.05) is 13.2 Å². The van der Waals surface area contributed by atoms with Crippen LogP contribution < -0.4 is 5.32 Å². The molecule has 1 aromatic rings. The van der Waals surface area contributed by atoms with E-state index in [1.54, 1.807) is 24.3 Å². The zero-order chi connectivity index (χ0) is 20.3. The number of hydrogen-bond donors (Lipinski definition) is 1. The number of nitrogens with zero attached hydrogens (tertiary/aromatic N) is 1. The molecule has 2 aliphatic rings. The highest BCUT2D eigenvalue weighted by atomic mass is 16.5. The summed E-state index contributed by atoms with van der Waals surface area (Å²) in [7, 11) is 0. The Hall–Kier alpha value is -2.70. The monoisotopic (exact) mass is 386 g/mol. The predicted molar refractivity (Wildman–Crippen MR) is 101 cm³/mol. The SMILES string of the molecule is C[C@@H]1[C@@H](C)CCC[C@H]1NC(=O)COC(=O)CN1C(=O)Cc2ccccc2C1=O. The number of imide groups is 1. The van der Waals surface area contributed by atoms with E-state index >= 15 is 0 Å². The summed E-state index contributed by atoms with van der Waals surface area (Å²) >= 11 is 0. The Morgan fingerprint density at radius 3 is 2.71 bits per heavy atom. The largest absolute Gasteiger partial charge is 0.454 e. The number of amides is 3. The van der Waals surface area contributed by atoms with E-state index in [0.717, 1.165) is 24.2 Å².